The number of nitrogen functional groups attached to an aromatic ring is 1. The highest BCUT2D eigenvalue weighted by atomic mass is 16.6. The predicted molar refractivity (Wildman–Crippen MR) is 95.3 cm³/mol. The first-order valence-corrected chi connectivity index (χ1v) is 7.76. The quantitative estimate of drug-likeness (QED) is 0.439. The Hall–Kier alpha value is -3.52. The van der Waals surface area contributed by atoms with E-state index in [4.69, 9.17) is 20.5 Å². The van der Waals surface area contributed by atoms with E-state index >= 15 is 0 Å². The van der Waals surface area contributed by atoms with Gasteiger partial charge in [-0.3, -0.25) is 0 Å². The summed E-state index contributed by atoms with van der Waals surface area (Å²) in [6.45, 7) is 0.333. The normalized spacial score (nSPS) is 10.2. The molecule has 5 nitrogen and oxygen atoms in total. The summed E-state index contributed by atoms with van der Waals surface area (Å²) in [6, 6.07) is 19.7. The van der Waals surface area contributed by atoms with Gasteiger partial charge in [0.1, 0.15) is 19.0 Å². The second kappa shape index (κ2) is 7.37. The van der Waals surface area contributed by atoms with Crippen molar-refractivity contribution in [2.75, 3.05) is 18.9 Å². The number of ether oxygens (including phenoxy) is 2. The highest BCUT2D eigenvalue weighted by molar-refractivity contribution is 6.05. The summed E-state index contributed by atoms with van der Waals surface area (Å²) in [5.74, 6) is 0.177. The first-order valence-electron chi connectivity index (χ1n) is 7.76. The summed E-state index contributed by atoms with van der Waals surface area (Å²) < 4.78 is 10.8. The molecule has 0 amide bonds. The molecule has 2 N–H and O–H groups in total. The van der Waals surface area contributed by atoms with Crippen LogP contribution >= 0.6 is 0 Å². The van der Waals surface area contributed by atoms with Gasteiger partial charge in [0, 0.05) is 5.69 Å². The van der Waals surface area contributed by atoms with E-state index in [0.29, 0.717) is 22.6 Å². The second-order valence-electron chi connectivity index (χ2n) is 5.41. The molecule has 25 heavy (non-hydrogen) atoms. The van der Waals surface area contributed by atoms with Crippen LogP contribution in [0.15, 0.2) is 60.7 Å². The van der Waals surface area contributed by atoms with E-state index in [9.17, 15) is 4.79 Å². The van der Waals surface area contributed by atoms with Crippen molar-refractivity contribution in [3.63, 3.8) is 0 Å². The third kappa shape index (κ3) is 3.88. The van der Waals surface area contributed by atoms with E-state index < -0.39 is 5.97 Å². The van der Waals surface area contributed by atoms with Crippen LogP contribution in [0.4, 0.5) is 5.69 Å². The third-order valence-corrected chi connectivity index (χ3v) is 3.67. The molecule has 0 unspecified atom stereocenters. The second-order valence-corrected chi connectivity index (χ2v) is 5.41. The van der Waals surface area contributed by atoms with Gasteiger partial charge in [0.15, 0.2) is 0 Å². The van der Waals surface area contributed by atoms with Crippen LogP contribution in [-0.2, 0) is 4.74 Å². The number of hydrogen-bond acceptors (Lipinski definition) is 5. The zero-order valence-corrected chi connectivity index (χ0v) is 13.4. The largest absolute Gasteiger partial charge is 0.490 e. The molecule has 5 heteroatoms. The van der Waals surface area contributed by atoms with Crippen molar-refractivity contribution in [3.8, 4) is 11.8 Å². The molecule has 0 saturated carbocycles. The van der Waals surface area contributed by atoms with Gasteiger partial charge < -0.3 is 15.2 Å². The van der Waals surface area contributed by atoms with E-state index in [1.807, 2.05) is 36.4 Å². The number of fused-ring (bicyclic) bond motifs is 1. The molecule has 0 radical (unpaired) electrons. The Labute approximate surface area is 145 Å². The summed E-state index contributed by atoms with van der Waals surface area (Å²) in [4.78, 5) is 12.3. The maximum absolute atomic E-state index is 12.3. The van der Waals surface area contributed by atoms with Crippen molar-refractivity contribution in [3.05, 3.63) is 71.8 Å². The number of carbonyl (C=O) groups excluding carboxylic acids is 1. The number of carbonyl (C=O) groups is 1. The smallest absolute Gasteiger partial charge is 0.338 e. The molecule has 3 aromatic rings. The lowest BCUT2D eigenvalue weighted by molar-refractivity contribution is 0.0453. The van der Waals surface area contributed by atoms with Crippen molar-refractivity contribution in [1.29, 1.82) is 5.26 Å². The maximum Gasteiger partial charge on any atom is 0.338 e. The van der Waals surface area contributed by atoms with E-state index in [1.54, 1.807) is 30.3 Å². The number of nitrogens with two attached hydrogens (primary N) is 1. The van der Waals surface area contributed by atoms with Gasteiger partial charge in [-0.05, 0) is 47.2 Å². The minimum atomic E-state index is -0.438. The van der Waals surface area contributed by atoms with Gasteiger partial charge in [-0.1, -0.05) is 24.3 Å². The van der Waals surface area contributed by atoms with Crippen molar-refractivity contribution in [2.45, 2.75) is 0 Å². The van der Waals surface area contributed by atoms with E-state index in [-0.39, 0.29) is 13.2 Å². The van der Waals surface area contributed by atoms with E-state index in [1.165, 1.54) is 0 Å². The van der Waals surface area contributed by atoms with Gasteiger partial charge in [0.25, 0.3) is 0 Å². The molecular weight excluding hydrogens is 316 g/mol. The van der Waals surface area contributed by atoms with Gasteiger partial charge in [-0.25, -0.2) is 4.79 Å². The Balaban J connectivity index is 1.60. The molecule has 0 aromatic heterocycles. The Morgan fingerprint density at radius 2 is 1.80 bits per heavy atom. The Morgan fingerprint density at radius 3 is 2.56 bits per heavy atom. The van der Waals surface area contributed by atoms with Gasteiger partial charge in [0.2, 0.25) is 0 Å². The summed E-state index contributed by atoms with van der Waals surface area (Å²) in [6.07, 6.45) is 0. The number of benzene rings is 3. The summed E-state index contributed by atoms with van der Waals surface area (Å²) in [7, 11) is 0. The fraction of sp³-hybridized carbons (Fsp3) is 0.100. The average Bonchev–Trinajstić information content (AvgIpc) is 2.64. The topological polar surface area (TPSA) is 85.3 Å². The fourth-order valence-corrected chi connectivity index (χ4v) is 2.50. The molecule has 0 heterocycles. The number of nitriles is 1. The lowest BCUT2D eigenvalue weighted by Crippen LogP contribution is -2.13. The Morgan fingerprint density at radius 1 is 1.04 bits per heavy atom. The predicted octanol–water partition coefficient (Wildman–Crippen LogP) is 3.53. The highest BCUT2D eigenvalue weighted by Crippen LogP contribution is 2.23. The Kier molecular flexibility index (Phi) is 4.82. The minimum Gasteiger partial charge on any atom is -0.490 e. The molecule has 0 fully saturated rings. The zero-order valence-electron chi connectivity index (χ0n) is 13.4. The first-order chi connectivity index (χ1) is 12.2. The maximum atomic E-state index is 12.3. The average molecular weight is 332 g/mol. The molecule has 0 bridgehead atoms. The number of anilines is 1. The number of rotatable bonds is 5. The fourth-order valence-electron chi connectivity index (χ4n) is 2.50. The first kappa shape index (κ1) is 16.3. The van der Waals surface area contributed by atoms with Crippen LogP contribution in [0.5, 0.6) is 5.75 Å². The van der Waals surface area contributed by atoms with Crippen molar-refractivity contribution >= 4 is 22.4 Å². The number of hydrogen-bond donors (Lipinski definition) is 1. The number of nitrogens with zero attached hydrogens (tertiary/aromatic N) is 1. The molecule has 0 aliphatic rings. The van der Waals surface area contributed by atoms with Gasteiger partial charge in [-0.2, -0.15) is 5.26 Å². The SMILES string of the molecule is N#Cc1ccc(OCCOC(=O)c2cc(N)cc3ccccc23)cc1. The third-order valence-electron chi connectivity index (χ3n) is 3.67. The molecule has 0 aliphatic carbocycles. The van der Waals surface area contributed by atoms with E-state index in [2.05, 4.69) is 0 Å². The molecule has 0 atom stereocenters. The van der Waals surface area contributed by atoms with Crippen molar-refractivity contribution < 1.29 is 14.3 Å². The van der Waals surface area contributed by atoms with Gasteiger partial charge in [0.05, 0.1) is 17.2 Å². The monoisotopic (exact) mass is 332 g/mol. The number of esters is 1. The van der Waals surface area contributed by atoms with Crippen LogP contribution in [0.2, 0.25) is 0 Å². The van der Waals surface area contributed by atoms with Crippen LogP contribution in [0.25, 0.3) is 10.8 Å². The molecule has 3 rings (SSSR count). The molecular formula is C20H16N2O3. The van der Waals surface area contributed by atoms with Gasteiger partial charge >= 0.3 is 5.97 Å². The van der Waals surface area contributed by atoms with Crippen LogP contribution in [0, 0.1) is 11.3 Å². The van der Waals surface area contributed by atoms with Gasteiger partial charge in [-0.15, -0.1) is 0 Å². The van der Waals surface area contributed by atoms with Crippen LogP contribution in [-0.4, -0.2) is 19.2 Å². The highest BCUT2D eigenvalue weighted by Gasteiger charge is 2.12. The Bertz CT molecular complexity index is 943. The molecule has 0 aliphatic heterocycles. The molecule has 124 valence electrons. The van der Waals surface area contributed by atoms with E-state index in [0.717, 1.165) is 10.8 Å². The van der Waals surface area contributed by atoms with Crippen LogP contribution < -0.4 is 10.5 Å². The lowest BCUT2D eigenvalue weighted by Gasteiger charge is -2.10. The van der Waals surface area contributed by atoms with Crippen LogP contribution in [0.1, 0.15) is 15.9 Å². The summed E-state index contributed by atoms with van der Waals surface area (Å²) in [5.41, 5.74) is 7.38. The van der Waals surface area contributed by atoms with Crippen molar-refractivity contribution in [1.82, 2.24) is 0 Å². The molecule has 0 spiro atoms. The molecule has 0 saturated heterocycles. The van der Waals surface area contributed by atoms with Crippen LogP contribution in [0.3, 0.4) is 0 Å². The van der Waals surface area contributed by atoms with Crippen molar-refractivity contribution in [2.24, 2.45) is 0 Å². The summed E-state index contributed by atoms with van der Waals surface area (Å²) >= 11 is 0. The minimum absolute atomic E-state index is 0.113. The standard InChI is InChI=1S/C20H16N2O3/c21-13-14-5-7-17(8-6-14)24-9-10-25-20(23)19-12-16(22)11-15-3-1-2-4-18(15)19/h1-8,11-12H,9-10,22H2. The lowest BCUT2D eigenvalue weighted by atomic mass is 10.0. The zero-order chi connectivity index (χ0) is 17.6. The molecule has 3 aromatic carbocycles. The summed E-state index contributed by atoms with van der Waals surface area (Å²) in [5, 5.41) is 10.4.